The maximum absolute atomic E-state index is 10.8. The van der Waals surface area contributed by atoms with E-state index in [9.17, 15) is 4.79 Å². The molecule has 9 nitrogen and oxygen atoms in total. The van der Waals surface area contributed by atoms with Gasteiger partial charge in [-0.05, 0) is 44.6 Å². The second kappa shape index (κ2) is 8.89. The molecule has 0 unspecified atom stereocenters. The van der Waals surface area contributed by atoms with Gasteiger partial charge in [0.15, 0.2) is 5.82 Å². The fourth-order valence-electron chi connectivity index (χ4n) is 4.70. The Morgan fingerprint density at radius 2 is 1.87 bits per heavy atom. The molecule has 4 rings (SSSR count). The van der Waals surface area contributed by atoms with E-state index < -0.39 is 6.09 Å². The van der Waals surface area contributed by atoms with Gasteiger partial charge in [-0.1, -0.05) is 12.8 Å². The summed E-state index contributed by atoms with van der Waals surface area (Å²) in [5, 5.41) is 19.2. The molecule has 2 aromatic heterocycles. The van der Waals surface area contributed by atoms with Crippen molar-refractivity contribution in [1.29, 1.82) is 0 Å². The smallest absolute Gasteiger partial charge is 0.404 e. The van der Waals surface area contributed by atoms with Crippen molar-refractivity contribution in [2.75, 3.05) is 23.9 Å². The van der Waals surface area contributed by atoms with Gasteiger partial charge >= 0.3 is 6.09 Å². The SMILES string of the molecule is CN(c1cc(C2CCCC2)[nH]n1)c1ccnc(N(C)C2CCC(NC(=O)O)CC2)n1. The molecule has 0 bridgehead atoms. The zero-order valence-electron chi connectivity index (χ0n) is 17.7. The molecule has 30 heavy (non-hydrogen) atoms. The first-order valence-electron chi connectivity index (χ1n) is 10.9. The third-order valence-electron chi connectivity index (χ3n) is 6.58. The number of nitrogens with zero attached hydrogens (tertiary/aromatic N) is 5. The number of hydrogen-bond acceptors (Lipinski definition) is 6. The highest BCUT2D eigenvalue weighted by Crippen LogP contribution is 2.35. The minimum atomic E-state index is -0.944. The van der Waals surface area contributed by atoms with Gasteiger partial charge in [-0.2, -0.15) is 10.1 Å². The third kappa shape index (κ3) is 4.49. The van der Waals surface area contributed by atoms with Gasteiger partial charge in [-0.15, -0.1) is 0 Å². The fraction of sp³-hybridized carbons (Fsp3) is 0.619. The van der Waals surface area contributed by atoms with E-state index in [1.807, 2.05) is 25.1 Å². The maximum atomic E-state index is 10.8. The van der Waals surface area contributed by atoms with E-state index in [0.717, 1.165) is 37.3 Å². The quantitative estimate of drug-likeness (QED) is 0.663. The van der Waals surface area contributed by atoms with E-state index in [1.54, 1.807) is 6.20 Å². The van der Waals surface area contributed by atoms with Gasteiger partial charge < -0.3 is 20.2 Å². The third-order valence-corrected chi connectivity index (χ3v) is 6.58. The molecule has 2 saturated carbocycles. The summed E-state index contributed by atoms with van der Waals surface area (Å²) in [5.74, 6) is 2.94. The van der Waals surface area contributed by atoms with E-state index in [2.05, 4.69) is 31.5 Å². The van der Waals surface area contributed by atoms with Gasteiger partial charge in [-0.3, -0.25) is 5.10 Å². The summed E-state index contributed by atoms with van der Waals surface area (Å²) in [4.78, 5) is 24.2. The Morgan fingerprint density at radius 3 is 2.57 bits per heavy atom. The lowest BCUT2D eigenvalue weighted by atomic mass is 9.90. The number of H-pyrrole nitrogens is 1. The first kappa shape index (κ1) is 20.4. The van der Waals surface area contributed by atoms with E-state index in [4.69, 9.17) is 10.1 Å². The first-order valence-corrected chi connectivity index (χ1v) is 10.9. The Bertz CT molecular complexity index is 857. The predicted molar refractivity (Wildman–Crippen MR) is 115 cm³/mol. The molecule has 162 valence electrons. The van der Waals surface area contributed by atoms with Crippen LogP contribution in [-0.4, -0.2) is 57.5 Å². The molecule has 0 saturated heterocycles. The molecule has 0 aliphatic heterocycles. The number of aromatic amines is 1. The standard InChI is InChI=1S/C21H31N7O2/c1-27(16-9-7-15(8-10-16)23-21(29)30)20-22-12-11-18(24-20)28(2)19-13-17(25-26-19)14-5-3-4-6-14/h11-16,23H,3-10H2,1-2H3,(H,25,26)(H,29,30). The largest absolute Gasteiger partial charge is 0.465 e. The molecule has 2 heterocycles. The van der Waals surface area contributed by atoms with Crippen LogP contribution in [0.2, 0.25) is 0 Å². The predicted octanol–water partition coefficient (Wildman–Crippen LogP) is 3.64. The number of rotatable bonds is 6. The number of carbonyl (C=O) groups is 1. The second-order valence-electron chi connectivity index (χ2n) is 8.50. The number of amides is 1. The van der Waals surface area contributed by atoms with Crippen LogP contribution in [0.3, 0.4) is 0 Å². The molecule has 0 radical (unpaired) electrons. The molecule has 2 fully saturated rings. The van der Waals surface area contributed by atoms with E-state index in [0.29, 0.717) is 17.9 Å². The van der Waals surface area contributed by atoms with E-state index in [1.165, 1.54) is 31.4 Å². The van der Waals surface area contributed by atoms with Crippen LogP contribution < -0.4 is 15.1 Å². The summed E-state index contributed by atoms with van der Waals surface area (Å²) in [6, 6.07) is 4.38. The average Bonchev–Trinajstić information content (AvgIpc) is 3.45. The summed E-state index contributed by atoms with van der Waals surface area (Å²) in [6.07, 6.45) is 9.39. The maximum Gasteiger partial charge on any atom is 0.404 e. The van der Waals surface area contributed by atoms with Crippen molar-refractivity contribution >= 4 is 23.7 Å². The first-order chi connectivity index (χ1) is 14.5. The van der Waals surface area contributed by atoms with E-state index in [-0.39, 0.29) is 6.04 Å². The molecular weight excluding hydrogens is 382 g/mol. The Morgan fingerprint density at radius 1 is 1.13 bits per heavy atom. The normalized spacial score (nSPS) is 22.1. The molecule has 3 N–H and O–H groups in total. The Balaban J connectivity index is 1.41. The molecule has 2 aliphatic carbocycles. The monoisotopic (exact) mass is 413 g/mol. The number of nitrogens with one attached hydrogen (secondary N) is 2. The van der Waals surface area contributed by atoms with E-state index >= 15 is 0 Å². The van der Waals surface area contributed by atoms with Crippen molar-refractivity contribution in [2.24, 2.45) is 0 Å². The van der Waals surface area contributed by atoms with Crippen LogP contribution in [0.15, 0.2) is 18.3 Å². The van der Waals surface area contributed by atoms with Crippen molar-refractivity contribution in [3.63, 3.8) is 0 Å². The number of anilines is 3. The molecule has 2 aromatic rings. The Labute approximate surface area is 176 Å². The van der Waals surface area contributed by atoms with Crippen LogP contribution >= 0.6 is 0 Å². The van der Waals surface area contributed by atoms with Crippen molar-refractivity contribution in [3.8, 4) is 0 Å². The van der Waals surface area contributed by atoms with Crippen molar-refractivity contribution < 1.29 is 9.90 Å². The molecule has 0 spiro atoms. The Hall–Kier alpha value is -2.84. The van der Waals surface area contributed by atoms with Gasteiger partial charge in [0.2, 0.25) is 5.95 Å². The highest BCUT2D eigenvalue weighted by molar-refractivity contribution is 5.64. The van der Waals surface area contributed by atoms with Crippen molar-refractivity contribution in [3.05, 3.63) is 24.0 Å². The number of hydrogen-bond donors (Lipinski definition) is 3. The number of aromatic nitrogens is 4. The lowest BCUT2D eigenvalue weighted by Crippen LogP contribution is -2.43. The van der Waals surface area contributed by atoms with Gasteiger partial charge in [0.05, 0.1) is 0 Å². The summed E-state index contributed by atoms with van der Waals surface area (Å²) in [6.45, 7) is 0. The summed E-state index contributed by atoms with van der Waals surface area (Å²) in [7, 11) is 3.99. The van der Waals surface area contributed by atoms with Crippen LogP contribution in [0.1, 0.15) is 63.0 Å². The lowest BCUT2D eigenvalue weighted by Gasteiger charge is -2.34. The number of carboxylic acid groups (broad SMARTS) is 1. The van der Waals surface area contributed by atoms with Gasteiger partial charge in [0.25, 0.3) is 0 Å². The van der Waals surface area contributed by atoms with Crippen LogP contribution in [0, 0.1) is 0 Å². The molecule has 0 aromatic carbocycles. The molecule has 1 amide bonds. The summed E-state index contributed by atoms with van der Waals surface area (Å²) >= 11 is 0. The Kier molecular flexibility index (Phi) is 6.06. The lowest BCUT2D eigenvalue weighted by molar-refractivity contribution is 0.185. The van der Waals surface area contributed by atoms with Crippen molar-refractivity contribution in [2.45, 2.75) is 69.4 Å². The molecule has 2 aliphatic rings. The molecule has 9 heteroatoms. The van der Waals surface area contributed by atoms with Crippen LogP contribution in [-0.2, 0) is 0 Å². The van der Waals surface area contributed by atoms with Gasteiger partial charge in [-0.25, -0.2) is 9.78 Å². The molecule has 0 atom stereocenters. The fourth-order valence-corrected chi connectivity index (χ4v) is 4.70. The van der Waals surface area contributed by atoms with Crippen LogP contribution in [0.5, 0.6) is 0 Å². The summed E-state index contributed by atoms with van der Waals surface area (Å²) in [5.41, 5.74) is 1.22. The average molecular weight is 414 g/mol. The molecular formula is C21H31N7O2. The zero-order chi connectivity index (χ0) is 21.1. The topological polar surface area (TPSA) is 110 Å². The minimum absolute atomic E-state index is 0.0410. The highest BCUT2D eigenvalue weighted by Gasteiger charge is 2.26. The van der Waals surface area contributed by atoms with Gasteiger partial charge in [0, 0.05) is 50.1 Å². The second-order valence-corrected chi connectivity index (χ2v) is 8.50. The highest BCUT2D eigenvalue weighted by atomic mass is 16.4. The van der Waals surface area contributed by atoms with Crippen LogP contribution in [0.25, 0.3) is 0 Å². The van der Waals surface area contributed by atoms with Crippen LogP contribution in [0.4, 0.5) is 22.4 Å². The summed E-state index contributed by atoms with van der Waals surface area (Å²) < 4.78 is 0. The van der Waals surface area contributed by atoms with Crippen molar-refractivity contribution in [1.82, 2.24) is 25.5 Å². The zero-order valence-corrected chi connectivity index (χ0v) is 17.7. The minimum Gasteiger partial charge on any atom is -0.465 e. The van der Waals surface area contributed by atoms with Gasteiger partial charge in [0.1, 0.15) is 5.82 Å².